The van der Waals surface area contributed by atoms with Crippen molar-refractivity contribution < 1.29 is 40.9 Å². The summed E-state index contributed by atoms with van der Waals surface area (Å²) >= 11 is 0. The van der Waals surface area contributed by atoms with Crippen LogP contribution in [-0.2, 0) is 9.47 Å². The smallest absolute Gasteiger partial charge is 0.451 e. The largest absolute Gasteiger partial charge is 0.490 e. The summed E-state index contributed by atoms with van der Waals surface area (Å²) in [6.45, 7) is 4.67. The van der Waals surface area contributed by atoms with Crippen molar-refractivity contribution in [1.82, 2.24) is 0 Å². The van der Waals surface area contributed by atoms with Gasteiger partial charge in [-0.2, -0.15) is 13.2 Å². The second-order valence-electron chi connectivity index (χ2n) is 10.5. The molecule has 42 heavy (non-hydrogen) atoms. The van der Waals surface area contributed by atoms with Crippen molar-refractivity contribution in [3.63, 3.8) is 0 Å². The zero-order valence-electron chi connectivity index (χ0n) is 23.9. The summed E-state index contributed by atoms with van der Waals surface area (Å²) in [6, 6.07) is 12.8. The van der Waals surface area contributed by atoms with Gasteiger partial charge in [0.05, 0.1) is 19.8 Å². The van der Waals surface area contributed by atoms with Crippen molar-refractivity contribution >= 4 is 0 Å². The molecule has 1 fully saturated rings. The first-order valence-electron chi connectivity index (χ1n) is 14.5. The third-order valence-electron chi connectivity index (χ3n) is 7.22. The first kappa shape index (κ1) is 31.8. The van der Waals surface area contributed by atoms with Gasteiger partial charge in [0, 0.05) is 11.5 Å². The highest BCUT2D eigenvalue weighted by Crippen LogP contribution is 2.35. The summed E-state index contributed by atoms with van der Waals surface area (Å²) < 4.78 is 94.1. The van der Waals surface area contributed by atoms with E-state index in [1.807, 2.05) is 6.92 Å². The summed E-state index contributed by atoms with van der Waals surface area (Å²) in [6.07, 6.45) is 0.765. The third kappa shape index (κ3) is 8.01. The average molecular weight is 593 g/mol. The Bertz CT molecular complexity index is 1290. The molecule has 0 aliphatic carbocycles. The summed E-state index contributed by atoms with van der Waals surface area (Å²) in [5.41, 5.74) is 1.39. The van der Waals surface area contributed by atoms with Crippen LogP contribution in [0.2, 0.25) is 0 Å². The second-order valence-corrected chi connectivity index (χ2v) is 10.5. The number of benzene rings is 3. The second kappa shape index (κ2) is 14.8. The minimum atomic E-state index is -3.90. The van der Waals surface area contributed by atoms with Gasteiger partial charge in [-0.15, -0.1) is 0 Å². The Morgan fingerprint density at radius 1 is 0.738 bits per heavy atom. The Hall–Kier alpha value is -3.17. The SMILES string of the molecule is CCCCCOc1ccc(-c2ccc(-c3ccc(OC(F)(F)C4OCC(CCCCC)CO4)c(F)c3)cc2)c(F)c1F. The van der Waals surface area contributed by atoms with E-state index in [1.54, 1.807) is 24.3 Å². The molecule has 0 unspecified atom stereocenters. The number of rotatable bonds is 14. The van der Waals surface area contributed by atoms with Crippen LogP contribution in [0.25, 0.3) is 22.3 Å². The van der Waals surface area contributed by atoms with Crippen LogP contribution >= 0.6 is 0 Å². The minimum Gasteiger partial charge on any atom is -0.490 e. The maximum Gasteiger partial charge on any atom is 0.451 e. The molecule has 1 heterocycles. The van der Waals surface area contributed by atoms with Crippen molar-refractivity contribution in [1.29, 1.82) is 0 Å². The number of unbranched alkanes of at least 4 members (excludes halogenated alkanes) is 4. The van der Waals surface area contributed by atoms with Gasteiger partial charge >= 0.3 is 6.11 Å². The van der Waals surface area contributed by atoms with Gasteiger partial charge in [-0.05, 0) is 53.8 Å². The van der Waals surface area contributed by atoms with Crippen LogP contribution in [0.15, 0.2) is 54.6 Å². The van der Waals surface area contributed by atoms with Crippen molar-refractivity contribution in [3.05, 3.63) is 72.0 Å². The summed E-state index contributed by atoms with van der Waals surface area (Å²) in [5.74, 6) is -3.82. The fourth-order valence-electron chi connectivity index (χ4n) is 4.79. The van der Waals surface area contributed by atoms with E-state index < -0.39 is 35.6 Å². The Balaban J connectivity index is 1.39. The molecule has 0 N–H and O–H groups in total. The number of hydrogen-bond donors (Lipinski definition) is 0. The van der Waals surface area contributed by atoms with Gasteiger partial charge in [-0.1, -0.05) is 76.3 Å². The normalized spacial score (nSPS) is 17.3. The molecular weight excluding hydrogens is 555 g/mol. The lowest BCUT2D eigenvalue weighted by Crippen LogP contribution is -2.47. The van der Waals surface area contributed by atoms with Crippen LogP contribution in [0, 0.1) is 23.4 Å². The Morgan fingerprint density at radius 3 is 2.02 bits per heavy atom. The van der Waals surface area contributed by atoms with Crippen LogP contribution in [-0.4, -0.2) is 32.2 Å². The fraction of sp³-hybridized carbons (Fsp3) is 0.455. The van der Waals surface area contributed by atoms with Crippen LogP contribution in [0.5, 0.6) is 11.5 Å². The number of halogens is 5. The molecule has 9 heteroatoms. The molecule has 0 bridgehead atoms. The third-order valence-corrected chi connectivity index (χ3v) is 7.22. The van der Waals surface area contributed by atoms with Crippen LogP contribution in [0.4, 0.5) is 22.0 Å². The highest BCUT2D eigenvalue weighted by atomic mass is 19.3. The van der Waals surface area contributed by atoms with Crippen LogP contribution in [0.1, 0.15) is 58.8 Å². The Kier molecular flexibility index (Phi) is 11.2. The maximum absolute atomic E-state index is 14.8. The molecule has 1 aliphatic heterocycles. The molecule has 0 radical (unpaired) electrons. The highest BCUT2D eigenvalue weighted by molar-refractivity contribution is 5.71. The van der Waals surface area contributed by atoms with Crippen LogP contribution < -0.4 is 9.47 Å². The predicted octanol–water partition coefficient (Wildman–Crippen LogP) is 9.55. The van der Waals surface area contributed by atoms with Crippen molar-refractivity contribution in [2.24, 2.45) is 5.92 Å². The first-order valence-corrected chi connectivity index (χ1v) is 14.5. The van der Waals surface area contributed by atoms with E-state index in [-0.39, 0.29) is 30.4 Å². The van der Waals surface area contributed by atoms with Crippen LogP contribution in [0.3, 0.4) is 0 Å². The van der Waals surface area contributed by atoms with Crippen molar-refractivity contribution in [3.8, 4) is 33.8 Å². The molecule has 0 amide bonds. The zero-order valence-corrected chi connectivity index (χ0v) is 23.9. The van der Waals surface area contributed by atoms with Gasteiger partial charge in [0.1, 0.15) is 0 Å². The number of ether oxygens (including phenoxy) is 4. The van der Waals surface area contributed by atoms with Gasteiger partial charge in [-0.25, -0.2) is 8.78 Å². The molecule has 0 saturated carbocycles. The predicted molar refractivity (Wildman–Crippen MR) is 151 cm³/mol. The van der Waals surface area contributed by atoms with E-state index >= 15 is 0 Å². The topological polar surface area (TPSA) is 36.9 Å². The quantitative estimate of drug-likeness (QED) is 0.138. The van der Waals surface area contributed by atoms with Crippen molar-refractivity contribution in [2.45, 2.75) is 71.2 Å². The molecule has 4 nitrogen and oxygen atoms in total. The van der Waals surface area contributed by atoms with E-state index in [0.29, 0.717) is 23.3 Å². The molecule has 4 rings (SSSR count). The van der Waals surface area contributed by atoms with Gasteiger partial charge in [-0.3, -0.25) is 0 Å². The molecule has 0 atom stereocenters. The first-order chi connectivity index (χ1) is 20.2. The van der Waals surface area contributed by atoms with E-state index in [9.17, 15) is 22.0 Å². The van der Waals surface area contributed by atoms with E-state index in [0.717, 1.165) is 57.1 Å². The van der Waals surface area contributed by atoms with E-state index in [1.165, 1.54) is 18.2 Å². The Morgan fingerprint density at radius 2 is 1.36 bits per heavy atom. The Labute approximate surface area is 243 Å². The summed E-state index contributed by atoms with van der Waals surface area (Å²) in [5, 5.41) is 0. The lowest BCUT2D eigenvalue weighted by molar-refractivity contribution is -0.352. The molecule has 228 valence electrons. The molecule has 3 aromatic carbocycles. The highest BCUT2D eigenvalue weighted by Gasteiger charge is 2.47. The lowest BCUT2D eigenvalue weighted by Gasteiger charge is -2.33. The molecule has 1 saturated heterocycles. The van der Waals surface area contributed by atoms with Gasteiger partial charge < -0.3 is 18.9 Å². The van der Waals surface area contributed by atoms with Crippen molar-refractivity contribution in [2.75, 3.05) is 19.8 Å². The zero-order chi connectivity index (χ0) is 30.1. The summed E-state index contributed by atoms with van der Waals surface area (Å²) in [4.78, 5) is 0. The van der Waals surface area contributed by atoms with Gasteiger partial charge in [0.15, 0.2) is 23.1 Å². The molecule has 1 aliphatic rings. The molecule has 0 spiro atoms. The molecule has 0 aromatic heterocycles. The average Bonchev–Trinajstić information content (AvgIpc) is 2.99. The lowest BCUT2D eigenvalue weighted by atomic mass is 9.99. The minimum absolute atomic E-state index is 0.0372. The number of hydrogen-bond acceptors (Lipinski definition) is 4. The van der Waals surface area contributed by atoms with Gasteiger partial charge in [0.2, 0.25) is 5.82 Å². The fourth-order valence-corrected chi connectivity index (χ4v) is 4.79. The maximum atomic E-state index is 14.8. The van der Waals surface area contributed by atoms with Gasteiger partial charge in [0.25, 0.3) is 6.29 Å². The van der Waals surface area contributed by atoms with E-state index in [4.69, 9.17) is 18.9 Å². The molecule has 3 aromatic rings. The van der Waals surface area contributed by atoms with E-state index in [2.05, 4.69) is 6.92 Å². The standard InChI is InChI=1S/C33H37F5O4/c1-3-5-7-9-22-20-40-32(41-21-22)33(37,38)42-28-16-14-25(19-27(28)34)23-10-12-24(13-11-23)26-15-17-29(31(36)30(26)35)39-18-8-6-4-2/h10-17,19,22,32H,3-9,18,20-21H2,1-2H3. The number of alkyl halides is 2. The monoisotopic (exact) mass is 592 g/mol. The molecular formula is C33H37F5O4. The summed E-state index contributed by atoms with van der Waals surface area (Å²) in [7, 11) is 0.